The number of hydrogen-bond donors (Lipinski definition) is 2. The Bertz CT molecular complexity index is 552. The highest BCUT2D eigenvalue weighted by Gasteiger charge is 2.23. The Labute approximate surface area is 112 Å². The molecule has 0 radical (unpaired) electrons. The predicted molar refractivity (Wildman–Crippen MR) is 72.0 cm³/mol. The van der Waals surface area contributed by atoms with E-state index >= 15 is 0 Å². The van der Waals surface area contributed by atoms with Gasteiger partial charge in [-0.2, -0.15) is 0 Å². The molecule has 0 spiro atoms. The largest absolute Gasteiger partial charge is 0.329 e. The van der Waals surface area contributed by atoms with Crippen molar-refractivity contribution in [2.45, 2.75) is 25.1 Å². The van der Waals surface area contributed by atoms with Crippen LogP contribution in [0.1, 0.15) is 19.4 Å². The van der Waals surface area contributed by atoms with E-state index in [0.717, 1.165) is 0 Å². The number of hydrogen-bond acceptors (Lipinski definition) is 5. The fourth-order valence-corrected chi connectivity index (χ4v) is 3.06. The first kappa shape index (κ1) is 15.5. The van der Waals surface area contributed by atoms with Gasteiger partial charge in [-0.3, -0.25) is 10.1 Å². The monoisotopic (exact) mass is 287 g/mol. The van der Waals surface area contributed by atoms with E-state index in [9.17, 15) is 18.5 Å². The highest BCUT2D eigenvalue weighted by molar-refractivity contribution is 7.88. The number of sulfonamides is 1. The van der Waals surface area contributed by atoms with Crippen LogP contribution < -0.4 is 10.5 Å². The van der Waals surface area contributed by atoms with Gasteiger partial charge in [0.1, 0.15) is 0 Å². The molecular weight excluding hydrogens is 270 g/mol. The maximum absolute atomic E-state index is 11.9. The number of nitrogens with two attached hydrogens (primary N) is 1. The molecule has 0 heterocycles. The second-order valence-corrected chi connectivity index (χ2v) is 6.60. The molecule has 1 aromatic carbocycles. The number of nitrogens with one attached hydrogen (secondary N) is 1. The maximum atomic E-state index is 11.9. The summed E-state index contributed by atoms with van der Waals surface area (Å²) in [5, 5.41) is 10.5. The molecule has 1 aromatic rings. The Morgan fingerprint density at radius 2 is 1.84 bits per heavy atom. The van der Waals surface area contributed by atoms with Gasteiger partial charge in [0.25, 0.3) is 5.69 Å². The molecule has 0 saturated carbocycles. The van der Waals surface area contributed by atoms with E-state index < -0.39 is 20.5 Å². The second kappa shape index (κ2) is 5.64. The van der Waals surface area contributed by atoms with E-state index in [1.165, 1.54) is 24.3 Å². The predicted octanol–water partition coefficient (Wildman–Crippen LogP) is 0.752. The molecule has 7 nitrogen and oxygen atoms in total. The van der Waals surface area contributed by atoms with Crippen molar-refractivity contribution < 1.29 is 13.3 Å². The fourth-order valence-electron chi connectivity index (χ4n) is 1.43. The van der Waals surface area contributed by atoms with E-state index in [-0.39, 0.29) is 18.0 Å². The van der Waals surface area contributed by atoms with Crippen LogP contribution in [0.4, 0.5) is 5.69 Å². The topological polar surface area (TPSA) is 115 Å². The minimum atomic E-state index is -3.54. The molecule has 0 aliphatic carbocycles. The van der Waals surface area contributed by atoms with E-state index in [1.807, 2.05) is 0 Å². The fraction of sp³-hybridized carbons (Fsp3) is 0.455. The van der Waals surface area contributed by atoms with Gasteiger partial charge in [0.05, 0.1) is 10.7 Å². The van der Waals surface area contributed by atoms with Crippen molar-refractivity contribution >= 4 is 15.7 Å². The van der Waals surface area contributed by atoms with Crippen LogP contribution in [0.25, 0.3) is 0 Å². The second-order valence-electron chi connectivity index (χ2n) is 4.87. The van der Waals surface area contributed by atoms with Crippen LogP contribution in [-0.4, -0.2) is 25.4 Å². The van der Waals surface area contributed by atoms with Crippen molar-refractivity contribution in [1.82, 2.24) is 4.72 Å². The lowest BCUT2D eigenvalue weighted by Crippen LogP contribution is -2.49. The van der Waals surface area contributed by atoms with Gasteiger partial charge in [0, 0.05) is 24.2 Å². The first-order valence-electron chi connectivity index (χ1n) is 5.60. The van der Waals surface area contributed by atoms with Gasteiger partial charge in [-0.1, -0.05) is 12.1 Å². The number of nitrogens with zero attached hydrogens (tertiary/aromatic N) is 1. The highest BCUT2D eigenvalue weighted by Crippen LogP contribution is 2.14. The zero-order chi connectivity index (χ0) is 14.7. The van der Waals surface area contributed by atoms with E-state index in [4.69, 9.17) is 5.73 Å². The molecule has 106 valence electrons. The molecular formula is C11H17N3O4S. The lowest BCUT2D eigenvalue weighted by Gasteiger charge is -2.23. The van der Waals surface area contributed by atoms with Crippen LogP contribution >= 0.6 is 0 Å². The molecule has 1 rings (SSSR count). The first-order valence-corrected chi connectivity index (χ1v) is 7.25. The van der Waals surface area contributed by atoms with Gasteiger partial charge < -0.3 is 5.73 Å². The van der Waals surface area contributed by atoms with Crippen molar-refractivity contribution in [1.29, 1.82) is 0 Å². The van der Waals surface area contributed by atoms with Crippen LogP contribution in [0.15, 0.2) is 24.3 Å². The Morgan fingerprint density at radius 3 is 2.26 bits per heavy atom. The van der Waals surface area contributed by atoms with Gasteiger partial charge in [-0.25, -0.2) is 13.1 Å². The molecule has 0 aromatic heterocycles. The number of non-ortho nitro benzene ring substituents is 1. The molecule has 0 saturated heterocycles. The number of nitro benzene ring substituents is 1. The third-order valence-electron chi connectivity index (χ3n) is 2.45. The van der Waals surface area contributed by atoms with Gasteiger partial charge in [-0.05, 0) is 19.4 Å². The highest BCUT2D eigenvalue weighted by atomic mass is 32.2. The molecule has 19 heavy (non-hydrogen) atoms. The normalized spacial score (nSPS) is 12.4. The average Bonchev–Trinajstić information content (AvgIpc) is 2.27. The Kier molecular flexibility index (Phi) is 4.61. The van der Waals surface area contributed by atoms with Crippen molar-refractivity contribution in [2.75, 3.05) is 6.54 Å². The molecule has 0 fully saturated rings. The molecule has 0 bridgehead atoms. The van der Waals surface area contributed by atoms with Crippen molar-refractivity contribution in [3.63, 3.8) is 0 Å². The van der Waals surface area contributed by atoms with Crippen LogP contribution in [0.3, 0.4) is 0 Å². The maximum Gasteiger partial charge on any atom is 0.269 e. The molecule has 3 N–H and O–H groups in total. The summed E-state index contributed by atoms with van der Waals surface area (Å²) in [5.41, 5.74) is 5.14. The third kappa shape index (κ3) is 4.93. The Morgan fingerprint density at radius 1 is 1.32 bits per heavy atom. The Balaban J connectivity index is 2.81. The number of benzene rings is 1. The summed E-state index contributed by atoms with van der Waals surface area (Å²) < 4.78 is 26.3. The molecule has 0 aliphatic heterocycles. The smallest absolute Gasteiger partial charge is 0.269 e. The quantitative estimate of drug-likeness (QED) is 0.591. The SMILES string of the molecule is CC(C)(CN)NS(=O)(=O)Cc1ccc([N+](=O)[O-])cc1. The molecule has 0 atom stereocenters. The van der Waals surface area contributed by atoms with Gasteiger partial charge in [0.2, 0.25) is 10.0 Å². The average molecular weight is 287 g/mol. The lowest BCUT2D eigenvalue weighted by molar-refractivity contribution is -0.384. The van der Waals surface area contributed by atoms with E-state index in [2.05, 4.69) is 4.72 Å². The summed E-state index contributed by atoms with van der Waals surface area (Å²) in [4.78, 5) is 9.95. The summed E-state index contributed by atoms with van der Waals surface area (Å²) in [6.45, 7) is 3.53. The van der Waals surface area contributed by atoms with Gasteiger partial charge >= 0.3 is 0 Å². The summed E-state index contributed by atoms with van der Waals surface area (Å²) in [7, 11) is -3.54. The molecule has 8 heteroatoms. The van der Waals surface area contributed by atoms with Gasteiger partial charge in [-0.15, -0.1) is 0 Å². The lowest BCUT2D eigenvalue weighted by atomic mass is 10.1. The van der Waals surface area contributed by atoms with Crippen molar-refractivity contribution in [3.8, 4) is 0 Å². The minimum Gasteiger partial charge on any atom is -0.329 e. The minimum absolute atomic E-state index is 0.0728. The van der Waals surface area contributed by atoms with Crippen molar-refractivity contribution in [2.24, 2.45) is 5.73 Å². The number of rotatable bonds is 6. The molecule has 0 aliphatic rings. The third-order valence-corrected chi connectivity index (χ3v) is 4.02. The summed E-state index contributed by atoms with van der Waals surface area (Å²) >= 11 is 0. The molecule has 0 unspecified atom stereocenters. The molecule has 0 amide bonds. The van der Waals surface area contributed by atoms with Crippen LogP contribution in [0, 0.1) is 10.1 Å². The number of nitro groups is 1. The summed E-state index contributed by atoms with van der Waals surface area (Å²) in [6, 6.07) is 5.40. The van der Waals surface area contributed by atoms with Crippen LogP contribution in [0.5, 0.6) is 0 Å². The van der Waals surface area contributed by atoms with Gasteiger partial charge in [0.15, 0.2) is 0 Å². The van der Waals surface area contributed by atoms with Crippen molar-refractivity contribution in [3.05, 3.63) is 39.9 Å². The first-order chi connectivity index (χ1) is 8.65. The summed E-state index contributed by atoms with van der Waals surface area (Å²) in [6.07, 6.45) is 0. The zero-order valence-corrected chi connectivity index (χ0v) is 11.6. The van der Waals surface area contributed by atoms with E-state index in [1.54, 1.807) is 13.8 Å². The summed E-state index contributed by atoms with van der Waals surface area (Å²) in [5.74, 6) is -0.242. The zero-order valence-electron chi connectivity index (χ0n) is 10.8. The van der Waals surface area contributed by atoms with E-state index in [0.29, 0.717) is 5.56 Å². The Hall–Kier alpha value is -1.51. The van der Waals surface area contributed by atoms with Crippen LogP contribution in [-0.2, 0) is 15.8 Å². The standard InChI is InChI=1S/C11H17N3O4S/c1-11(2,8-12)13-19(17,18)7-9-3-5-10(6-4-9)14(15)16/h3-6,13H,7-8,12H2,1-2H3. The van der Waals surface area contributed by atoms with Crippen LogP contribution in [0.2, 0.25) is 0 Å².